The summed E-state index contributed by atoms with van der Waals surface area (Å²) in [5.74, 6) is 2.54. The van der Waals surface area contributed by atoms with Crippen molar-refractivity contribution in [1.29, 1.82) is 0 Å². The van der Waals surface area contributed by atoms with E-state index >= 15 is 0 Å². The second kappa shape index (κ2) is 8.27. The van der Waals surface area contributed by atoms with Gasteiger partial charge in [0.2, 0.25) is 0 Å². The topological polar surface area (TPSA) is 85.7 Å². The van der Waals surface area contributed by atoms with Gasteiger partial charge in [-0.05, 0) is 35.9 Å². The predicted molar refractivity (Wildman–Crippen MR) is 103 cm³/mol. The first kappa shape index (κ1) is 18.3. The highest BCUT2D eigenvalue weighted by molar-refractivity contribution is 5.64. The number of ether oxygens (including phenoxy) is 3. The summed E-state index contributed by atoms with van der Waals surface area (Å²) in [7, 11) is 4.74. The molecule has 0 aliphatic carbocycles. The lowest BCUT2D eigenvalue weighted by Crippen LogP contribution is -2.03. The molecule has 0 saturated carbocycles. The van der Waals surface area contributed by atoms with Crippen LogP contribution in [0, 0.1) is 0 Å². The number of phenolic OH excluding ortho intramolecular Hbond substituents is 1. The second-order valence-electron chi connectivity index (χ2n) is 5.75. The maximum atomic E-state index is 9.74. The first-order chi connectivity index (χ1) is 13.1. The van der Waals surface area contributed by atoms with Gasteiger partial charge >= 0.3 is 0 Å². The molecule has 1 heterocycles. The Labute approximate surface area is 157 Å². The summed E-state index contributed by atoms with van der Waals surface area (Å²) < 4.78 is 15.7. The summed E-state index contributed by atoms with van der Waals surface area (Å²) in [6.45, 7) is 0.532. The molecule has 0 saturated heterocycles. The van der Waals surface area contributed by atoms with Crippen molar-refractivity contribution in [3.63, 3.8) is 0 Å². The summed E-state index contributed by atoms with van der Waals surface area (Å²) in [6, 6.07) is 10.7. The maximum Gasteiger partial charge on any atom is 0.161 e. The monoisotopic (exact) mass is 367 g/mol. The first-order valence-corrected chi connectivity index (χ1v) is 8.28. The van der Waals surface area contributed by atoms with Crippen LogP contribution in [0.3, 0.4) is 0 Å². The van der Waals surface area contributed by atoms with Crippen LogP contribution in [0.2, 0.25) is 0 Å². The lowest BCUT2D eigenvalue weighted by molar-refractivity contribution is 0.373. The molecular weight excluding hydrogens is 346 g/mol. The molecule has 140 valence electrons. The third-order valence-corrected chi connectivity index (χ3v) is 3.99. The van der Waals surface area contributed by atoms with E-state index in [-0.39, 0.29) is 5.75 Å². The van der Waals surface area contributed by atoms with E-state index in [0.717, 1.165) is 22.6 Å². The standard InChI is InChI=1S/C20H21N3O4/c1-25-15-6-13(7-16(9-15)26-2)10-22-20-12-21-11-17(23-20)14-4-5-18(24)19(8-14)27-3/h4-9,11-12,24H,10H2,1-3H3,(H,22,23). The Hall–Kier alpha value is -3.48. The SMILES string of the molecule is COc1cc(CNc2cncc(-c3ccc(O)c(OC)c3)n2)cc(OC)c1. The molecule has 1 aromatic heterocycles. The zero-order valence-electron chi connectivity index (χ0n) is 15.4. The van der Waals surface area contributed by atoms with Crippen molar-refractivity contribution in [2.45, 2.75) is 6.54 Å². The van der Waals surface area contributed by atoms with Crippen LogP contribution in [0.25, 0.3) is 11.3 Å². The number of methoxy groups -OCH3 is 3. The minimum absolute atomic E-state index is 0.0791. The van der Waals surface area contributed by atoms with E-state index in [1.165, 1.54) is 7.11 Å². The Balaban J connectivity index is 1.79. The van der Waals surface area contributed by atoms with Gasteiger partial charge in [0.1, 0.15) is 17.3 Å². The molecule has 3 aromatic rings. The quantitative estimate of drug-likeness (QED) is 0.661. The molecule has 2 N–H and O–H groups in total. The molecule has 7 heteroatoms. The van der Waals surface area contributed by atoms with Crippen LogP contribution < -0.4 is 19.5 Å². The van der Waals surface area contributed by atoms with Crippen molar-refractivity contribution in [3.05, 3.63) is 54.4 Å². The van der Waals surface area contributed by atoms with E-state index in [9.17, 15) is 5.11 Å². The highest BCUT2D eigenvalue weighted by atomic mass is 16.5. The highest BCUT2D eigenvalue weighted by Gasteiger charge is 2.08. The Kier molecular flexibility index (Phi) is 5.61. The van der Waals surface area contributed by atoms with Crippen molar-refractivity contribution >= 4 is 5.82 Å². The van der Waals surface area contributed by atoms with Gasteiger partial charge in [-0.25, -0.2) is 4.98 Å². The number of rotatable bonds is 7. The molecular formula is C20H21N3O4. The summed E-state index contributed by atoms with van der Waals surface area (Å²) in [6.07, 6.45) is 3.31. The van der Waals surface area contributed by atoms with Crippen LogP contribution in [0.1, 0.15) is 5.56 Å². The Morgan fingerprint density at radius 2 is 1.67 bits per heavy atom. The minimum atomic E-state index is 0.0791. The number of nitrogens with zero attached hydrogens (tertiary/aromatic N) is 2. The van der Waals surface area contributed by atoms with Crippen molar-refractivity contribution in [2.24, 2.45) is 0 Å². The zero-order chi connectivity index (χ0) is 19.2. The highest BCUT2D eigenvalue weighted by Crippen LogP contribution is 2.30. The molecule has 0 aliphatic heterocycles. The zero-order valence-corrected chi connectivity index (χ0v) is 15.4. The maximum absolute atomic E-state index is 9.74. The van der Waals surface area contributed by atoms with Crippen molar-refractivity contribution in [2.75, 3.05) is 26.6 Å². The fourth-order valence-electron chi connectivity index (χ4n) is 2.59. The van der Waals surface area contributed by atoms with Crippen molar-refractivity contribution in [3.8, 4) is 34.3 Å². The predicted octanol–water partition coefficient (Wildman–Crippen LogP) is 3.49. The van der Waals surface area contributed by atoms with Crippen LogP contribution in [-0.2, 0) is 6.54 Å². The third kappa shape index (κ3) is 4.38. The van der Waals surface area contributed by atoms with Gasteiger partial charge in [-0.1, -0.05) is 0 Å². The Bertz CT molecular complexity index is 909. The lowest BCUT2D eigenvalue weighted by atomic mass is 10.1. The molecule has 0 aliphatic rings. The largest absolute Gasteiger partial charge is 0.504 e. The van der Waals surface area contributed by atoms with E-state index < -0.39 is 0 Å². The Morgan fingerprint density at radius 3 is 2.33 bits per heavy atom. The molecule has 0 spiro atoms. The van der Waals surface area contributed by atoms with Gasteiger partial charge in [0.15, 0.2) is 11.5 Å². The fourth-order valence-corrected chi connectivity index (χ4v) is 2.59. The average Bonchev–Trinajstić information content (AvgIpc) is 2.72. The smallest absolute Gasteiger partial charge is 0.161 e. The second-order valence-corrected chi connectivity index (χ2v) is 5.75. The van der Waals surface area contributed by atoms with Gasteiger partial charge in [-0.15, -0.1) is 0 Å². The molecule has 0 atom stereocenters. The molecule has 0 amide bonds. The number of anilines is 1. The summed E-state index contributed by atoms with van der Waals surface area (Å²) in [5, 5.41) is 13.0. The molecule has 0 radical (unpaired) electrons. The van der Waals surface area contributed by atoms with Crippen LogP contribution in [0.15, 0.2) is 48.8 Å². The summed E-state index contributed by atoms with van der Waals surface area (Å²) >= 11 is 0. The van der Waals surface area contributed by atoms with Crippen LogP contribution in [-0.4, -0.2) is 36.4 Å². The number of nitrogens with one attached hydrogen (secondary N) is 1. The van der Waals surface area contributed by atoms with E-state index in [0.29, 0.717) is 23.8 Å². The number of hydrogen-bond donors (Lipinski definition) is 2. The van der Waals surface area contributed by atoms with Gasteiger partial charge in [-0.2, -0.15) is 0 Å². The normalized spacial score (nSPS) is 10.3. The molecule has 27 heavy (non-hydrogen) atoms. The lowest BCUT2D eigenvalue weighted by Gasteiger charge is -2.11. The minimum Gasteiger partial charge on any atom is -0.504 e. The number of phenols is 1. The molecule has 7 nitrogen and oxygen atoms in total. The molecule has 0 fully saturated rings. The molecule has 0 unspecified atom stereocenters. The molecule has 0 bridgehead atoms. The molecule has 2 aromatic carbocycles. The molecule has 3 rings (SSSR count). The van der Waals surface area contributed by atoms with Crippen LogP contribution in [0.4, 0.5) is 5.82 Å². The number of benzene rings is 2. The van der Waals surface area contributed by atoms with E-state index in [1.807, 2.05) is 18.2 Å². The van der Waals surface area contributed by atoms with Gasteiger partial charge in [0.25, 0.3) is 0 Å². The van der Waals surface area contributed by atoms with Crippen molar-refractivity contribution in [1.82, 2.24) is 9.97 Å². The van der Waals surface area contributed by atoms with E-state index in [2.05, 4.69) is 15.3 Å². The first-order valence-electron chi connectivity index (χ1n) is 8.28. The van der Waals surface area contributed by atoms with Gasteiger partial charge in [0.05, 0.1) is 39.4 Å². The van der Waals surface area contributed by atoms with Crippen molar-refractivity contribution < 1.29 is 19.3 Å². The van der Waals surface area contributed by atoms with Crippen LogP contribution >= 0.6 is 0 Å². The third-order valence-electron chi connectivity index (χ3n) is 3.99. The van der Waals surface area contributed by atoms with Crippen LogP contribution in [0.5, 0.6) is 23.0 Å². The number of aromatic hydroxyl groups is 1. The average molecular weight is 367 g/mol. The van der Waals surface area contributed by atoms with E-state index in [4.69, 9.17) is 14.2 Å². The number of hydrogen-bond acceptors (Lipinski definition) is 7. The van der Waals surface area contributed by atoms with Gasteiger partial charge in [0, 0.05) is 18.2 Å². The summed E-state index contributed by atoms with van der Waals surface area (Å²) in [5.41, 5.74) is 2.45. The number of aromatic nitrogens is 2. The fraction of sp³-hybridized carbons (Fsp3) is 0.200. The van der Waals surface area contributed by atoms with Gasteiger partial charge < -0.3 is 24.6 Å². The summed E-state index contributed by atoms with van der Waals surface area (Å²) in [4.78, 5) is 8.82. The Morgan fingerprint density at radius 1 is 0.926 bits per heavy atom. The van der Waals surface area contributed by atoms with E-state index in [1.54, 1.807) is 44.8 Å². The van der Waals surface area contributed by atoms with Gasteiger partial charge in [-0.3, -0.25) is 4.98 Å².